The van der Waals surface area contributed by atoms with Crippen LogP contribution in [-0.4, -0.2) is 18.9 Å². The maximum atomic E-state index is 12.5. The zero-order chi connectivity index (χ0) is 21.2. The average Bonchev–Trinajstić information content (AvgIpc) is 3.15. The van der Waals surface area contributed by atoms with Gasteiger partial charge >= 0.3 is 0 Å². The van der Waals surface area contributed by atoms with Gasteiger partial charge in [-0.1, -0.05) is 65.8 Å². The molecule has 5 nitrogen and oxygen atoms in total. The van der Waals surface area contributed by atoms with Gasteiger partial charge in [0.1, 0.15) is 5.65 Å². The van der Waals surface area contributed by atoms with Crippen molar-refractivity contribution in [3.8, 4) is 0 Å². The molecule has 0 aliphatic rings. The molecule has 0 aliphatic heterocycles. The second-order valence-electron chi connectivity index (χ2n) is 7.22. The zero-order valence-corrected chi connectivity index (χ0v) is 18.2. The molecule has 3 aromatic heterocycles. The molecular formula is C24H19ClN4OS. The molecule has 2 aromatic carbocycles. The quantitative estimate of drug-likeness (QED) is 0.335. The Bertz CT molecular complexity index is 1430. The fourth-order valence-corrected chi connectivity index (χ4v) is 4.70. The Morgan fingerprint density at radius 2 is 1.74 bits per heavy atom. The van der Waals surface area contributed by atoms with Crippen molar-refractivity contribution in [1.82, 2.24) is 18.9 Å². The number of hydrogen-bond donors (Lipinski definition) is 0. The average molecular weight is 447 g/mol. The van der Waals surface area contributed by atoms with E-state index in [0.29, 0.717) is 16.4 Å². The third kappa shape index (κ3) is 4.22. The van der Waals surface area contributed by atoms with Crippen LogP contribution in [0.5, 0.6) is 0 Å². The Morgan fingerprint density at radius 3 is 2.61 bits per heavy atom. The minimum atomic E-state index is -0.138. The summed E-state index contributed by atoms with van der Waals surface area (Å²) in [4.78, 5) is 21.9. The van der Waals surface area contributed by atoms with Crippen molar-refractivity contribution in [2.24, 2.45) is 0 Å². The van der Waals surface area contributed by atoms with E-state index in [-0.39, 0.29) is 5.56 Å². The van der Waals surface area contributed by atoms with Crippen LogP contribution in [0.15, 0.2) is 88.9 Å². The topological polar surface area (TPSA) is 52.2 Å². The maximum Gasteiger partial charge on any atom is 0.258 e. The number of nitrogens with zero attached hydrogens (tertiary/aromatic N) is 4. The molecule has 5 aromatic rings. The van der Waals surface area contributed by atoms with Gasteiger partial charge in [-0.3, -0.25) is 9.20 Å². The van der Waals surface area contributed by atoms with Crippen LogP contribution < -0.4 is 5.56 Å². The van der Waals surface area contributed by atoms with Crippen molar-refractivity contribution in [1.29, 1.82) is 0 Å². The minimum Gasteiger partial charge on any atom is -0.319 e. The van der Waals surface area contributed by atoms with E-state index in [4.69, 9.17) is 16.6 Å². The highest BCUT2D eigenvalue weighted by Crippen LogP contribution is 2.27. The highest BCUT2D eigenvalue weighted by Gasteiger charge is 2.12. The van der Waals surface area contributed by atoms with E-state index in [1.807, 2.05) is 24.3 Å². The van der Waals surface area contributed by atoms with Crippen molar-refractivity contribution in [2.45, 2.75) is 23.9 Å². The van der Waals surface area contributed by atoms with Gasteiger partial charge < -0.3 is 4.57 Å². The number of hydrogen-bond acceptors (Lipinski definition) is 4. The maximum absolute atomic E-state index is 12.5. The van der Waals surface area contributed by atoms with Crippen LogP contribution in [0.3, 0.4) is 0 Å². The summed E-state index contributed by atoms with van der Waals surface area (Å²) in [6.07, 6.45) is 2.51. The van der Waals surface area contributed by atoms with E-state index in [2.05, 4.69) is 39.9 Å². The lowest BCUT2D eigenvalue weighted by atomic mass is 10.1. The predicted molar refractivity (Wildman–Crippen MR) is 126 cm³/mol. The van der Waals surface area contributed by atoms with E-state index in [1.54, 1.807) is 36.2 Å². The predicted octanol–water partition coefficient (Wildman–Crippen LogP) is 5.23. The number of halogens is 1. The summed E-state index contributed by atoms with van der Waals surface area (Å²) in [6, 6.07) is 23.7. The van der Waals surface area contributed by atoms with Crippen molar-refractivity contribution >= 4 is 40.0 Å². The van der Waals surface area contributed by atoms with E-state index >= 15 is 0 Å². The molecule has 0 spiro atoms. The van der Waals surface area contributed by atoms with Crippen LogP contribution in [0, 0.1) is 0 Å². The normalized spacial score (nSPS) is 11.4. The third-order valence-electron chi connectivity index (χ3n) is 5.11. The van der Waals surface area contributed by atoms with E-state index in [9.17, 15) is 4.79 Å². The molecule has 0 saturated heterocycles. The van der Waals surface area contributed by atoms with Gasteiger partial charge in [0.05, 0.1) is 21.7 Å². The molecule has 0 N–H and O–H groups in total. The first-order valence-corrected chi connectivity index (χ1v) is 11.3. The minimum absolute atomic E-state index is 0.138. The highest BCUT2D eigenvalue weighted by molar-refractivity contribution is 7.98. The molecule has 0 radical (unpaired) electrons. The van der Waals surface area contributed by atoms with Gasteiger partial charge in [-0.2, -0.15) is 0 Å². The lowest BCUT2D eigenvalue weighted by Gasteiger charge is -2.09. The van der Waals surface area contributed by atoms with Gasteiger partial charge in [0.15, 0.2) is 5.16 Å². The van der Waals surface area contributed by atoms with Gasteiger partial charge in [-0.15, -0.1) is 0 Å². The molecule has 0 bridgehead atoms. The highest BCUT2D eigenvalue weighted by atomic mass is 35.5. The first-order valence-electron chi connectivity index (χ1n) is 9.97. The standard InChI is InChI=1S/C24H19ClN4OS/c25-18-10-11-22-26-19(14-23(30)29(22)15-18)16-31-24-27-20-8-4-5-9-21(20)28(24)13-12-17-6-2-1-3-7-17/h1-11,14-15H,12-13,16H2. The fraction of sp³-hybridized carbons (Fsp3) is 0.125. The lowest BCUT2D eigenvalue weighted by Crippen LogP contribution is -2.15. The van der Waals surface area contributed by atoms with Gasteiger partial charge in [0.25, 0.3) is 5.56 Å². The fourth-order valence-electron chi connectivity index (χ4n) is 3.60. The van der Waals surface area contributed by atoms with Crippen molar-refractivity contribution in [3.63, 3.8) is 0 Å². The van der Waals surface area contributed by atoms with Crippen LogP contribution in [-0.2, 0) is 18.7 Å². The Hall–Kier alpha value is -3.09. The van der Waals surface area contributed by atoms with Crippen molar-refractivity contribution in [3.05, 3.63) is 106 Å². The summed E-state index contributed by atoms with van der Waals surface area (Å²) in [5.41, 5.74) is 4.55. The summed E-state index contributed by atoms with van der Waals surface area (Å²) in [7, 11) is 0. The molecule has 0 fully saturated rings. The third-order valence-corrected chi connectivity index (χ3v) is 6.35. The summed E-state index contributed by atoms with van der Waals surface area (Å²) >= 11 is 7.60. The summed E-state index contributed by atoms with van der Waals surface area (Å²) < 4.78 is 3.71. The zero-order valence-electron chi connectivity index (χ0n) is 16.6. The number of imidazole rings is 1. The second-order valence-corrected chi connectivity index (χ2v) is 8.60. The molecule has 5 rings (SSSR count). The molecule has 0 aliphatic carbocycles. The van der Waals surface area contributed by atoms with E-state index in [1.165, 1.54) is 9.96 Å². The smallest absolute Gasteiger partial charge is 0.258 e. The molecule has 0 amide bonds. The number of benzene rings is 2. The number of para-hydroxylation sites is 2. The summed E-state index contributed by atoms with van der Waals surface area (Å²) in [5, 5.41) is 1.43. The Morgan fingerprint density at radius 1 is 0.935 bits per heavy atom. The lowest BCUT2D eigenvalue weighted by molar-refractivity contribution is 0.652. The number of fused-ring (bicyclic) bond motifs is 2. The van der Waals surface area contributed by atoms with E-state index in [0.717, 1.165) is 34.8 Å². The van der Waals surface area contributed by atoms with Gasteiger partial charge in [-0.05, 0) is 36.2 Å². The molecule has 7 heteroatoms. The largest absolute Gasteiger partial charge is 0.319 e. The first kappa shape index (κ1) is 19.8. The molecule has 0 saturated carbocycles. The number of thioether (sulfide) groups is 1. The second kappa shape index (κ2) is 8.57. The molecule has 3 heterocycles. The summed E-state index contributed by atoms with van der Waals surface area (Å²) in [5.74, 6) is 0.559. The molecular weight excluding hydrogens is 428 g/mol. The van der Waals surface area contributed by atoms with Crippen LogP contribution in [0.2, 0.25) is 5.02 Å². The Labute approximate surface area is 188 Å². The molecule has 154 valence electrons. The molecule has 31 heavy (non-hydrogen) atoms. The Balaban J connectivity index is 1.43. The van der Waals surface area contributed by atoms with Gasteiger partial charge in [0, 0.05) is 24.6 Å². The number of rotatable bonds is 6. The molecule has 0 unspecified atom stereocenters. The van der Waals surface area contributed by atoms with Gasteiger partial charge in [0.2, 0.25) is 0 Å². The summed E-state index contributed by atoms with van der Waals surface area (Å²) in [6.45, 7) is 0.833. The number of pyridine rings is 1. The van der Waals surface area contributed by atoms with Crippen LogP contribution in [0.4, 0.5) is 0 Å². The number of aryl methyl sites for hydroxylation is 2. The Kier molecular flexibility index (Phi) is 5.49. The number of aromatic nitrogens is 4. The monoisotopic (exact) mass is 446 g/mol. The van der Waals surface area contributed by atoms with Crippen LogP contribution in [0.25, 0.3) is 16.7 Å². The first-order chi connectivity index (χ1) is 15.2. The van der Waals surface area contributed by atoms with Gasteiger partial charge in [-0.25, -0.2) is 9.97 Å². The van der Waals surface area contributed by atoms with Crippen LogP contribution in [0.1, 0.15) is 11.3 Å². The SMILES string of the molecule is O=c1cc(CSc2nc3ccccc3n2CCc2ccccc2)nc2ccc(Cl)cn12. The molecule has 0 atom stereocenters. The van der Waals surface area contributed by atoms with Crippen molar-refractivity contribution < 1.29 is 0 Å². The van der Waals surface area contributed by atoms with Crippen LogP contribution >= 0.6 is 23.4 Å². The van der Waals surface area contributed by atoms with Crippen molar-refractivity contribution in [2.75, 3.05) is 0 Å². The van der Waals surface area contributed by atoms with E-state index < -0.39 is 0 Å².